The number of aromatic nitrogens is 1. The minimum absolute atomic E-state index is 0.123. The fourth-order valence-corrected chi connectivity index (χ4v) is 3.52. The normalized spacial score (nSPS) is 20.0. The second kappa shape index (κ2) is 9.28. The van der Waals surface area contributed by atoms with E-state index in [4.69, 9.17) is 9.47 Å². The molecule has 1 N–H and O–H groups in total. The maximum Gasteiger partial charge on any atom is 0.391 e. The van der Waals surface area contributed by atoms with Crippen LogP contribution in [-0.4, -0.2) is 24.3 Å². The number of pyridine rings is 1. The average Bonchev–Trinajstić information content (AvgIpc) is 2.71. The summed E-state index contributed by atoms with van der Waals surface area (Å²) >= 11 is 0. The first-order chi connectivity index (χ1) is 13.5. The third kappa shape index (κ3) is 5.61. The van der Waals surface area contributed by atoms with E-state index in [0.29, 0.717) is 31.1 Å². The number of benzene rings is 1. The summed E-state index contributed by atoms with van der Waals surface area (Å²) in [4.78, 5) is 4.06. The molecule has 2 atom stereocenters. The number of nitrogens with zero attached hydrogens (tertiary/aromatic N) is 1. The quantitative estimate of drug-likeness (QED) is 0.727. The molecule has 1 aromatic heterocycles. The number of methoxy groups -OCH3 is 1. The molecule has 1 saturated carbocycles. The second-order valence-corrected chi connectivity index (χ2v) is 7.12. The van der Waals surface area contributed by atoms with Gasteiger partial charge in [0.1, 0.15) is 6.61 Å². The number of ether oxygens (including phenoxy) is 2. The monoisotopic (exact) mass is 394 g/mol. The molecule has 1 fully saturated rings. The predicted molar refractivity (Wildman–Crippen MR) is 100 cm³/mol. The van der Waals surface area contributed by atoms with E-state index in [2.05, 4.69) is 10.3 Å². The number of nitrogens with one attached hydrogen (secondary N) is 1. The zero-order chi connectivity index (χ0) is 20.0. The highest BCUT2D eigenvalue weighted by Crippen LogP contribution is 2.37. The summed E-state index contributed by atoms with van der Waals surface area (Å²) in [6.45, 7) is 0.847. The summed E-state index contributed by atoms with van der Waals surface area (Å²) in [6, 6.07) is 9.22. The number of alkyl halides is 3. The van der Waals surface area contributed by atoms with Gasteiger partial charge in [-0.1, -0.05) is 18.6 Å². The van der Waals surface area contributed by atoms with Gasteiger partial charge in [0.25, 0.3) is 0 Å². The van der Waals surface area contributed by atoms with Gasteiger partial charge >= 0.3 is 6.18 Å². The van der Waals surface area contributed by atoms with Crippen LogP contribution in [0.2, 0.25) is 0 Å². The zero-order valence-electron chi connectivity index (χ0n) is 15.8. The van der Waals surface area contributed by atoms with E-state index in [1.807, 2.05) is 30.3 Å². The van der Waals surface area contributed by atoms with Crippen molar-refractivity contribution in [1.82, 2.24) is 10.3 Å². The Labute approximate surface area is 163 Å². The van der Waals surface area contributed by atoms with Crippen molar-refractivity contribution in [3.05, 3.63) is 53.9 Å². The van der Waals surface area contributed by atoms with Gasteiger partial charge in [0.2, 0.25) is 0 Å². The molecule has 28 heavy (non-hydrogen) atoms. The molecule has 2 unspecified atom stereocenters. The van der Waals surface area contributed by atoms with E-state index < -0.39 is 12.1 Å². The van der Waals surface area contributed by atoms with Crippen LogP contribution < -0.4 is 14.8 Å². The minimum Gasteiger partial charge on any atom is -0.493 e. The maximum absolute atomic E-state index is 13.0. The van der Waals surface area contributed by atoms with Crippen LogP contribution in [0.4, 0.5) is 13.2 Å². The molecule has 152 valence electrons. The SMILES string of the molecule is COc1ccc(CNC2CCCC(C(F)(F)F)C2)cc1OCc1cccnc1. The van der Waals surface area contributed by atoms with Crippen molar-refractivity contribution >= 4 is 0 Å². The third-order valence-corrected chi connectivity index (χ3v) is 5.08. The molecule has 0 aliphatic heterocycles. The van der Waals surface area contributed by atoms with Crippen molar-refractivity contribution in [3.63, 3.8) is 0 Å². The Morgan fingerprint density at radius 3 is 2.71 bits per heavy atom. The van der Waals surface area contributed by atoms with Gasteiger partial charge in [0, 0.05) is 30.5 Å². The Bertz CT molecular complexity index is 753. The highest BCUT2D eigenvalue weighted by Gasteiger charge is 2.41. The molecule has 4 nitrogen and oxygen atoms in total. The highest BCUT2D eigenvalue weighted by atomic mass is 19.4. The van der Waals surface area contributed by atoms with Crippen molar-refractivity contribution in [3.8, 4) is 11.5 Å². The summed E-state index contributed by atoms with van der Waals surface area (Å²) in [6.07, 6.45) is 1.08. The van der Waals surface area contributed by atoms with Crippen LogP contribution in [-0.2, 0) is 13.2 Å². The third-order valence-electron chi connectivity index (χ3n) is 5.08. The van der Waals surface area contributed by atoms with Crippen LogP contribution in [0.15, 0.2) is 42.7 Å². The van der Waals surface area contributed by atoms with Gasteiger partial charge in [-0.25, -0.2) is 0 Å². The molecule has 0 bridgehead atoms. The zero-order valence-corrected chi connectivity index (χ0v) is 15.8. The number of hydrogen-bond acceptors (Lipinski definition) is 4. The number of halogens is 3. The molecule has 0 amide bonds. The summed E-state index contributed by atoms with van der Waals surface area (Å²) < 4.78 is 50.1. The van der Waals surface area contributed by atoms with E-state index in [1.165, 1.54) is 0 Å². The van der Waals surface area contributed by atoms with Crippen LogP contribution in [0.3, 0.4) is 0 Å². The molecule has 3 rings (SSSR count). The topological polar surface area (TPSA) is 43.4 Å². The van der Waals surface area contributed by atoms with Crippen molar-refractivity contribution in [2.75, 3.05) is 7.11 Å². The van der Waals surface area contributed by atoms with Crippen molar-refractivity contribution in [2.45, 2.75) is 51.1 Å². The summed E-state index contributed by atoms with van der Waals surface area (Å²) in [7, 11) is 1.57. The molecule has 2 aromatic rings. The summed E-state index contributed by atoms with van der Waals surface area (Å²) in [5, 5.41) is 3.27. The lowest BCUT2D eigenvalue weighted by molar-refractivity contribution is -0.183. The Morgan fingerprint density at radius 1 is 1.14 bits per heavy atom. The van der Waals surface area contributed by atoms with Crippen molar-refractivity contribution in [1.29, 1.82) is 0 Å². The molecule has 1 aliphatic rings. The lowest BCUT2D eigenvalue weighted by Gasteiger charge is -2.31. The predicted octanol–water partition coefficient (Wildman–Crippen LogP) is 4.88. The van der Waals surface area contributed by atoms with Gasteiger partial charge < -0.3 is 14.8 Å². The molecular formula is C21H25F3N2O2. The van der Waals surface area contributed by atoms with Crippen molar-refractivity contribution < 1.29 is 22.6 Å². The molecule has 1 aliphatic carbocycles. The summed E-state index contributed by atoms with van der Waals surface area (Å²) in [5.41, 5.74) is 1.88. The van der Waals surface area contributed by atoms with E-state index in [1.54, 1.807) is 19.5 Å². The van der Waals surface area contributed by atoms with Crippen molar-refractivity contribution in [2.24, 2.45) is 5.92 Å². The maximum atomic E-state index is 13.0. The molecule has 0 spiro atoms. The van der Waals surface area contributed by atoms with Gasteiger partial charge in [-0.15, -0.1) is 0 Å². The smallest absolute Gasteiger partial charge is 0.391 e. The first-order valence-electron chi connectivity index (χ1n) is 9.44. The van der Waals surface area contributed by atoms with E-state index in [9.17, 15) is 13.2 Å². The van der Waals surface area contributed by atoms with Gasteiger partial charge in [0.15, 0.2) is 11.5 Å². The van der Waals surface area contributed by atoms with Gasteiger partial charge in [-0.05, 0) is 43.0 Å². The molecule has 0 radical (unpaired) electrons. The first-order valence-corrected chi connectivity index (χ1v) is 9.44. The molecule has 7 heteroatoms. The fourth-order valence-electron chi connectivity index (χ4n) is 3.52. The van der Waals surface area contributed by atoms with Gasteiger partial charge in [-0.2, -0.15) is 13.2 Å². The molecule has 1 heterocycles. The number of hydrogen-bond donors (Lipinski definition) is 1. The standard InChI is InChI=1S/C21H25F3N2O2/c1-27-19-8-7-15(10-20(19)28-14-16-4-3-9-25-12-16)13-26-18-6-2-5-17(11-18)21(22,23)24/h3-4,7-10,12,17-18,26H,2,5-6,11,13-14H2,1H3. The average molecular weight is 394 g/mol. The fraction of sp³-hybridized carbons (Fsp3) is 0.476. The summed E-state index contributed by atoms with van der Waals surface area (Å²) in [5.74, 6) is 0.0119. The largest absolute Gasteiger partial charge is 0.493 e. The molecule has 0 saturated heterocycles. The van der Waals surface area contributed by atoms with E-state index in [0.717, 1.165) is 17.5 Å². The Hall–Kier alpha value is -2.28. The van der Waals surface area contributed by atoms with Gasteiger partial charge in [-0.3, -0.25) is 4.98 Å². The van der Waals surface area contributed by atoms with E-state index in [-0.39, 0.29) is 18.9 Å². The minimum atomic E-state index is -4.10. The number of rotatable bonds is 7. The van der Waals surface area contributed by atoms with Gasteiger partial charge in [0.05, 0.1) is 13.0 Å². The van der Waals surface area contributed by atoms with Crippen LogP contribution in [0.25, 0.3) is 0 Å². The van der Waals surface area contributed by atoms with Crippen LogP contribution in [0.1, 0.15) is 36.8 Å². The van der Waals surface area contributed by atoms with Crippen LogP contribution >= 0.6 is 0 Å². The Kier molecular flexibility index (Phi) is 6.78. The highest BCUT2D eigenvalue weighted by molar-refractivity contribution is 5.43. The second-order valence-electron chi connectivity index (χ2n) is 7.12. The Balaban J connectivity index is 1.59. The lowest BCUT2D eigenvalue weighted by atomic mass is 9.85. The Morgan fingerprint density at radius 2 is 2.00 bits per heavy atom. The van der Waals surface area contributed by atoms with Crippen LogP contribution in [0.5, 0.6) is 11.5 Å². The first kappa shape index (κ1) is 20.5. The lowest BCUT2D eigenvalue weighted by Crippen LogP contribution is -2.38. The molecular weight excluding hydrogens is 369 g/mol. The van der Waals surface area contributed by atoms with Crippen LogP contribution in [0, 0.1) is 5.92 Å². The van der Waals surface area contributed by atoms with E-state index >= 15 is 0 Å². The molecule has 1 aromatic carbocycles.